The number of aliphatic carboxylic acids is 1. The zero-order chi connectivity index (χ0) is 32.8. The summed E-state index contributed by atoms with van der Waals surface area (Å²) in [5, 5.41) is 17.5. The molecule has 2 unspecified atom stereocenters. The molecule has 2 aromatic carbocycles. The van der Waals surface area contributed by atoms with E-state index >= 15 is 0 Å². The highest BCUT2D eigenvalue weighted by Crippen LogP contribution is 2.43. The third-order valence-corrected chi connectivity index (χ3v) is 9.32. The van der Waals surface area contributed by atoms with Crippen LogP contribution in [0.25, 0.3) is 16.8 Å². The molecule has 0 saturated carbocycles. The summed E-state index contributed by atoms with van der Waals surface area (Å²) in [6, 6.07) is 11.9. The van der Waals surface area contributed by atoms with Crippen molar-refractivity contribution in [2.75, 3.05) is 30.3 Å². The first-order valence-corrected chi connectivity index (χ1v) is 15.3. The maximum absolute atomic E-state index is 14.8. The van der Waals surface area contributed by atoms with E-state index in [1.807, 2.05) is 4.90 Å². The lowest BCUT2D eigenvalue weighted by Gasteiger charge is -2.39. The molecule has 0 aliphatic carbocycles. The monoisotopic (exact) mass is 675 g/mol. The summed E-state index contributed by atoms with van der Waals surface area (Å²) in [7, 11) is 0. The fourth-order valence-corrected chi connectivity index (χ4v) is 6.43. The lowest BCUT2D eigenvalue weighted by molar-refractivity contribution is -0.198. The van der Waals surface area contributed by atoms with Gasteiger partial charge in [0.1, 0.15) is 11.9 Å². The van der Waals surface area contributed by atoms with Gasteiger partial charge in [-0.2, -0.15) is 28.2 Å². The number of benzene rings is 2. The molecular formula is C31H30Cl2F3N7O3. The van der Waals surface area contributed by atoms with Crippen LogP contribution < -0.4 is 20.7 Å². The highest BCUT2D eigenvalue weighted by atomic mass is 35.5. The molecule has 2 saturated heterocycles. The lowest BCUT2D eigenvalue weighted by atomic mass is 9.76. The lowest BCUT2D eigenvalue weighted by Crippen LogP contribution is -2.41. The Morgan fingerprint density at radius 1 is 1.09 bits per heavy atom. The van der Waals surface area contributed by atoms with Crippen molar-refractivity contribution < 1.29 is 27.8 Å². The normalized spacial score (nSPS) is 18.6. The maximum atomic E-state index is 14.8. The Morgan fingerprint density at radius 2 is 1.80 bits per heavy atom. The number of carboxylic acids is 1. The number of piperidine rings is 1. The van der Waals surface area contributed by atoms with E-state index in [1.54, 1.807) is 49.5 Å². The molecule has 2 aliphatic heterocycles. The van der Waals surface area contributed by atoms with Gasteiger partial charge in [0.05, 0.1) is 21.4 Å². The number of hydrogen-bond donors (Lipinski definition) is 3. The van der Waals surface area contributed by atoms with E-state index in [0.717, 1.165) is 0 Å². The number of halogens is 5. The third-order valence-electron chi connectivity index (χ3n) is 8.58. The number of ether oxygens (including phenoxy) is 1. The van der Waals surface area contributed by atoms with Crippen LogP contribution in [0.4, 0.5) is 24.9 Å². The van der Waals surface area contributed by atoms with E-state index in [4.69, 9.17) is 33.7 Å². The molecule has 1 spiro atoms. The second-order valence-corrected chi connectivity index (χ2v) is 12.5. The van der Waals surface area contributed by atoms with Crippen LogP contribution in [0.2, 0.25) is 10.0 Å². The summed E-state index contributed by atoms with van der Waals surface area (Å²) in [6.07, 6.45) is -3.82. The fraction of sp³-hybridized carbons (Fsp3) is 0.355. The highest BCUT2D eigenvalue weighted by molar-refractivity contribution is 6.42. The highest BCUT2D eigenvalue weighted by Gasteiger charge is 2.46. The molecule has 10 nitrogen and oxygen atoms in total. The van der Waals surface area contributed by atoms with Gasteiger partial charge in [0, 0.05) is 37.5 Å². The van der Waals surface area contributed by atoms with Crippen LogP contribution in [0.1, 0.15) is 36.6 Å². The van der Waals surface area contributed by atoms with Crippen LogP contribution in [-0.2, 0) is 4.79 Å². The molecule has 0 amide bonds. The zero-order valence-electron chi connectivity index (χ0n) is 24.6. The van der Waals surface area contributed by atoms with Crippen molar-refractivity contribution in [3.63, 3.8) is 0 Å². The SMILES string of the molecule is Cc1ccn(-c2cc(-c3ccc(Cl)c(Cl)c3)ccc2C(Oc2cc(N3CCC4(CC3)CNC(C(=O)O)C4)nc(N)n2)C(F)(F)F)n1. The Bertz CT molecular complexity index is 1780. The minimum absolute atomic E-state index is 0.146. The number of alkyl halides is 3. The topological polar surface area (TPSA) is 131 Å². The van der Waals surface area contributed by atoms with Gasteiger partial charge >= 0.3 is 12.1 Å². The number of anilines is 2. The Balaban J connectivity index is 1.31. The number of nitrogens with zero attached hydrogens (tertiary/aromatic N) is 5. The molecule has 4 N–H and O–H groups in total. The molecule has 2 fully saturated rings. The Labute approximate surface area is 272 Å². The van der Waals surface area contributed by atoms with Gasteiger partial charge in [-0.25, -0.2) is 4.68 Å². The van der Waals surface area contributed by atoms with Gasteiger partial charge in [-0.15, -0.1) is 0 Å². The van der Waals surface area contributed by atoms with Gasteiger partial charge in [0.25, 0.3) is 0 Å². The second-order valence-electron chi connectivity index (χ2n) is 11.7. The predicted octanol–water partition coefficient (Wildman–Crippen LogP) is 6.24. The van der Waals surface area contributed by atoms with Crippen molar-refractivity contribution >= 4 is 40.9 Å². The molecule has 4 aromatic rings. The van der Waals surface area contributed by atoms with Crippen molar-refractivity contribution in [2.45, 2.75) is 44.5 Å². The molecule has 0 bridgehead atoms. The smallest absolute Gasteiger partial charge is 0.429 e. The summed E-state index contributed by atoms with van der Waals surface area (Å²) in [5.74, 6) is -1.12. The quantitative estimate of drug-likeness (QED) is 0.208. The largest absolute Gasteiger partial charge is 0.480 e. The Kier molecular flexibility index (Phi) is 8.51. The van der Waals surface area contributed by atoms with Gasteiger partial charge in [-0.05, 0) is 67.0 Å². The summed E-state index contributed by atoms with van der Waals surface area (Å²) < 4.78 is 51.4. The molecular weight excluding hydrogens is 646 g/mol. The molecule has 2 atom stereocenters. The van der Waals surface area contributed by atoms with Gasteiger partial charge in [-0.1, -0.05) is 41.4 Å². The minimum Gasteiger partial charge on any atom is -0.480 e. The molecule has 2 aliphatic rings. The van der Waals surface area contributed by atoms with E-state index in [1.165, 1.54) is 16.8 Å². The number of carboxylic acid groups (broad SMARTS) is 1. The third kappa shape index (κ3) is 6.58. The van der Waals surface area contributed by atoms with Crippen molar-refractivity contribution in [3.05, 3.63) is 76.0 Å². The molecule has 0 radical (unpaired) electrons. The first-order chi connectivity index (χ1) is 21.8. The van der Waals surface area contributed by atoms with Crippen molar-refractivity contribution in [3.8, 4) is 22.7 Å². The maximum Gasteiger partial charge on any atom is 0.429 e. The predicted molar refractivity (Wildman–Crippen MR) is 168 cm³/mol. The number of hydrogen-bond acceptors (Lipinski definition) is 8. The number of aromatic nitrogens is 4. The first kappa shape index (κ1) is 31.9. The van der Waals surface area contributed by atoms with Crippen LogP contribution >= 0.6 is 23.2 Å². The Morgan fingerprint density at radius 3 is 2.43 bits per heavy atom. The van der Waals surface area contributed by atoms with Crippen molar-refractivity contribution in [1.29, 1.82) is 0 Å². The standard InChI is InChI=1S/C31H30Cl2F3N7O3/c1-17-6-9-43(41-17)24-13-19(18-3-5-21(32)22(33)12-18)2-4-20(24)27(31(34,35)36)46-26-14-25(39-29(37)40-26)42-10-7-30(8-11-42)15-23(28(44)45)38-16-30/h2-6,9,12-14,23,27,38H,7-8,10-11,15-16H2,1H3,(H,44,45)(H2,37,39,40). The van der Waals surface area contributed by atoms with Gasteiger partial charge in [-0.3, -0.25) is 4.79 Å². The van der Waals surface area contributed by atoms with E-state index in [9.17, 15) is 23.1 Å². The van der Waals surface area contributed by atoms with E-state index in [0.29, 0.717) is 71.6 Å². The zero-order valence-corrected chi connectivity index (χ0v) is 26.1. The fourth-order valence-electron chi connectivity index (χ4n) is 6.13. The van der Waals surface area contributed by atoms with E-state index < -0.39 is 24.3 Å². The van der Waals surface area contributed by atoms with Crippen LogP contribution in [-0.4, -0.2) is 62.7 Å². The minimum atomic E-state index is -4.85. The van der Waals surface area contributed by atoms with Gasteiger partial charge in [0.15, 0.2) is 0 Å². The number of nitrogens with one attached hydrogen (secondary N) is 1. The number of carbonyl (C=O) groups is 1. The van der Waals surface area contributed by atoms with E-state index in [2.05, 4.69) is 20.4 Å². The average molecular weight is 677 g/mol. The van der Waals surface area contributed by atoms with Gasteiger partial charge in [0.2, 0.25) is 17.9 Å². The molecule has 4 heterocycles. The average Bonchev–Trinajstić information content (AvgIpc) is 3.63. The summed E-state index contributed by atoms with van der Waals surface area (Å²) in [6.45, 7) is 3.36. The molecule has 15 heteroatoms. The Hall–Kier alpha value is -4.07. The van der Waals surface area contributed by atoms with Crippen molar-refractivity contribution in [2.24, 2.45) is 5.41 Å². The number of nitrogen functional groups attached to an aromatic ring is 1. The van der Waals surface area contributed by atoms with E-state index in [-0.39, 0.29) is 28.5 Å². The second kappa shape index (κ2) is 12.3. The summed E-state index contributed by atoms with van der Waals surface area (Å²) in [4.78, 5) is 21.6. The summed E-state index contributed by atoms with van der Waals surface area (Å²) >= 11 is 12.3. The number of aryl methyl sites for hydroxylation is 1. The number of nitrogens with two attached hydrogens (primary N) is 1. The van der Waals surface area contributed by atoms with Crippen LogP contribution in [0.3, 0.4) is 0 Å². The molecule has 2 aromatic heterocycles. The van der Waals surface area contributed by atoms with Crippen molar-refractivity contribution in [1.82, 2.24) is 25.1 Å². The first-order valence-electron chi connectivity index (χ1n) is 14.5. The molecule has 46 heavy (non-hydrogen) atoms. The van der Waals surface area contributed by atoms with Crippen LogP contribution in [0, 0.1) is 12.3 Å². The number of rotatable bonds is 7. The van der Waals surface area contributed by atoms with Crippen LogP contribution in [0.5, 0.6) is 5.88 Å². The van der Waals surface area contributed by atoms with Crippen LogP contribution in [0.15, 0.2) is 54.7 Å². The molecule has 6 rings (SSSR count). The van der Waals surface area contributed by atoms with Gasteiger partial charge < -0.3 is 25.8 Å². The summed E-state index contributed by atoms with van der Waals surface area (Å²) in [5.41, 5.74) is 7.61. The molecule has 242 valence electrons.